The number of carbonyl (C=O) groups is 1. The van der Waals surface area contributed by atoms with Crippen molar-refractivity contribution in [2.24, 2.45) is 0 Å². The first-order valence-corrected chi connectivity index (χ1v) is 9.00. The number of hydrogen-bond acceptors (Lipinski definition) is 5. The molecule has 0 saturated heterocycles. The Labute approximate surface area is 156 Å². The van der Waals surface area contributed by atoms with Crippen molar-refractivity contribution in [3.05, 3.63) is 47.8 Å². The molecule has 0 aliphatic heterocycles. The van der Waals surface area contributed by atoms with Gasteiger partial charge in [0.2, 0.25) is 11.7 Å². The van der Waals surface area contributed by atoms with E-state index in [-0.39, 0.29) is 11.7 Å². The SMILES string of the molecule is COc1cc(CNC(=O)CCSc2ccc(F)cc2)cc(OC)c1OC. The van der Waals surface area contributed by atoms with Crippen LogP contribution >= 0.6 is 11.8 Å². The number of benzene rings is 2. The summed E-state index contributed by atoms with van der Waals surface area (Å²) in [6.07, 6.45) is 0.368. The van der Waals surface area contributed by atoms with Crippen molar-refractivity contribution >= 4 is 17.7 Å². The van der Waals surface area contributed by atoms with Gasteiger partial charge < -0.3 is 19.5 Å². The van der Waals surface area contributed by atoms with Gasteiger partial charge in [-0.1, -0.05) is 0 Å². The predicted octanol–water partition coefficient (Wildman–Crippen LogP) is 3.65. The van der Waals surface area contributed by atoms with Crippen LogP contribution in [0, 0.1) is 5.82 Å². The van der Waals surface area contributed by atoms with E-state index < -0.39 is 0 Å². The number of carbonyl (C=O) groups excluding carboxylic acids is 1. The maximum Gasteiger partial charge on any atom is 0.221 e. The molecule has 2 rings (SSSR count). The Kier molecular flexibility index (Phi) is 7.59. The van der Waals surface area contributed by atoms with Crippen LogP contribution in [0.1, 0.15) is 12.0 Å². The molecule has 0 aliphatic rings. The second-order valence-electron chi connectivity index (χ2n) is 5.36. The van der Waals surface area contributed by atoms with E-state index in [2.05, 4.69) is 5.32 Å². The minimum absolute atomic E-state index is 0.0617. The molecule has 5 nitrogen and oxygen atoms in total. The second-order valence-corrected chi connectivity index (χ2v) is 6.53. The minimum Gasteiger partial charge on any atom is -0.493 e. The largest absolute Gasteiger partial charge is 0.493 e. The molecule has 7 heteroatoms. The summed E-state index contributed by atoms with van der Waals surface area (Å²) < 4.78 is 28.7. The first-order chi connectivity index (χ1) is 12.6. The van der Waals surface area contributed by atoms with Crippen molar-refractivity contribution < 1.29 is 23.4 Å². The summed E-state index contributed by atoms with van der Waals surface area (Å²) in [5, 5.41) is 2.87. The zero-order chi connectivity index (χ0) is 18.9. The lowest BCUT2D eigenvalue weighted by atomic mass is 10.1. The molecule has 0 spiro atoms. The molecule has 0 heterocycles. The van der Waals surface area contributed by atoms with Crippen LogP contribution in [0.4, 0.5) is 4.39 Å². The van der Waals surface area contributed by atoms with Gasteiger partial charge in [-0.3, -0.25) is 4.79 Å². The Balaban J connectivity index is 1.85. The van der Waals surface area contributed by atoms with E-state index >= 15 is 0 Å². The van der Waals surface area contributed by atoms with Crippen LogP contribution in [0.3, 0.4) is 0 Å². The Morgan fingerprint density at radius 3 is 2.19 bits per heavy atom. The summed E-state index contributed by atoms with van der Waals surface area (Å²) in [5.41, 5.74) is 0.846. The number of amides is 1. The first-order valence-electron chi connectivity index (χ1n) is 8.01. The van der Waals surface area contributed by atoms with Crippen molar-refractivity contribution in [1.82, 2.24) is 5.32 Å². The van der Waals surface area contributed by atoms with Crippen LogP contribution in [-0.4, -0.2) is 33.0 Å². The second kappa shape index (κ2) is 9.91. The number of halogens is 1. The molecule has 1 N–H and O–H groups in total. The van der Waals surface area contributed by atoms with Gasteiger partial charge >= 0.3 is 0 Å². The van der Waals surface area contributed by atoms with Gasteiger partial charge in [0.05, 0.1) is 21.3 Å². The molecule has 0 atom stereocenters. The summed E-state index contributed by atoms with van der Waals surface area (Å²) in [4.78, 5) is 13.0. The van der Waals surface area contributed by atoms with Crippen LogP contribution in [0.25, 0.3) is 0 Å². The lowest BCUT2D eigenvalue weighted by molar-refractivity contribution is -0.120. The highest BCUT2D eigenvalue weighted by molar-refractivity contribution is 7.99. The molecule has 0 unspecified atom stereocenters. The standard InChI is InChI=1S/C19H22FNO4S/c1-23-16-10-13(11-17(24-2)19(16)25-3)12-21-18(22)8-9-26-15-6-4-14(20)5-7-15/h4-7,10-11H,8-9,12H2,1-3H3,(H,21,22). The van der Waals surface area contributed by atoms with E-state index in [0.29, 0.717) is 36.0 Å². The van der Waals surface area contributed by atoms with Gasteiger partial charge in [-0.25, -0.2) is 4.39 Å². The van der Waals surface area contributed by atoms with Crippen LogP contribution in [0.15, 0.2) is 41.3 Å². The van der Waals surface area contributed by atoms with E-state index in [1.54, 1.807) is 45.6 Å². The van der Waals surface area contributed by atoms with Crippen molar-refractivity contribution in [1.29, 1.82) is 0 Å². The van der Waals surface area contributed by atoms with E-state index in [0.717, 1.165) is 10.5 Å². The van der Waals surface area contributed by atoms with Crippen molar-refractivity contribution in [3.63, 3.8) is 0 Å². The third-order valence-corrected chi connectivity index (χ3v) is 4.64. The number of methoxy groups -OCH3 is 3. The zero-order valence-corrected chi connectivity index (χ0v) is 15.8. The van der Waals surface area contributed by atoms with Crippen molar-refractivity contribution in [2.75, 3.05) is 27.1 Å². The van der Waals surface area contributed by atoms with E-state index in [1.165, 1.54) is 23.9 Å². The quantitative estimate of drug-likeness (QED) is 0.674. The van der Waals surface area contributed by atoms with E-state index in [4.69, 9.17) is 14.2 Å². The number of rotatable bonds is 9. The fraction of sp³-hybridized carbons (Fsp3) is 0.316. The molecule has 0 saturated carbocycles. The topological polar surface area (TPSA) is 56.8 Å². The third kappa shape index (κ3) is 5.56. The summed E-state index contributed by atoms with van der Waals surface area (Å²) in [7, 11) is 4.64. The minimum atomic E-state index is -0.266. The van der Waals surface area contributed by atoms with Crippen molar-refractivity contribution in [3.8, 4) is 17.2 Å². The monoisotopic (exact) mass is 379 g/mol. The summed E-state index contributed by atoms with van der Waals surface area (Å²) in [6.45, 7) is 0.358. The molecular weight excluding hydrogens is 357 g/mol. The molecule has 2 aromatic rings. The summed E-state index contributed by atoms with van der Waals surface area (Å²) in [6, 6.07) is 9.82. The summed E-state index contributed by atoms with van der Waals surface area (Å²) >= 11 is 1.51. The first kappa shape index (κ1) is 19.9. The van der Waals surface area contributed by atoms with Gasteiger partial charge in [-0.15, -0.1) is 11.8 Å². The molecule has 2 aromatic carbocycles. The fourth-order valence-electron chi connectivity index (χ4n) is 2.32. The van der Waals surface area contributed by atoms with Crippen molar-refractivity contribution in [2.45, 2.75) is 17.9 Å². The molecule has 0 aromatic heterocycles. The van der Waals surface area contributed by atoms with Crippen LogP contribution in [0.2, 0.25) is 0 Å². The van der Waals surface area contributed by atoms with Gasteiger partial charge in [0.1, 0.15) is 5.82 Å². The lowest BCUT2D eigenvalue weighted by Gasteiger charge is -2.14. The predicted molar refractivity (Wildman–Crippen MR) is 99.7 cm³/mol. The highest BCUT2D eigenvalue weighted by atomic mass is 32.2. The van der Waals surface area contributed by atoms with E-state index in [1.807, 2.05) is 0 Å². The highest BCUT2D eigenvalue weighted by Gasteiger charge is 2.13. The van der Waals surface area contributed by atoms with Gasteiger partial charge in [-0.05, 0) is 42.0 Å². The Morgan fingerprint density at radius 1 is 1.04 bits per heavy atom. The zero-order valence-electron chi connectivity index (χ0n) is 15.0. The van der Waals surface area contributed by atoms with Crippen LogP contribution in [-0.2, 0) is 11.3 Å². The normalized spacial score (nSPS) is 10.3. The van der Waals surface area contributed by atoms with E-state index in [9.17, 15) is 9.18 Å². The molecule has 0 bridgehead atoms. The molecule has 140 valence electrons. The molecule has 0 radical (unpaired) electrons. The van der Waals surface area contributed by atoms with Crippen LogP contribution in [0.5, 0.6) is 17.2 Å². The summed E-state index contributed by atoms with van der Waals surface area (Å²) in [5.74, 6) is 1.89. The molecule has 0 fully saturated rings. The smallest absolute Gasteiger partial charge is 0.221 e. The molecule has 1 amide bonds. The molecule has 0 aliphatic carbocycles. The molecule has 26 heavy (non-hydrogen) atoms. The Bertz CT molecular complexity index is 712. The third-order valence-electron chi connectivity index (χ3n) is 3.63. The Hall–Kier alpha value is -2.41. The Morgan fingerprint density at radius 2 is 1.65 bits per heavy atom. The number of hydrogen-bond donors (Lipinski definition) is 1. The lowest BCUT2D eigenvalue weighted by Crippen LogP contribution is -2.23. The molecular formula is C19H22FNO4S. The maximum absolute atomic E-state index is 12.9. The van der Waals surface area contributed by atoms with Gasteiger partial charge in [0, 0.05) is 23.6 Å². The average Bonchev–Trinajstić information content (AvgIpc) is 2.66. The fourth-order valence-corrected chi connectivity index (χ4v) is 3.17. The average molecular weight is 379 g/mol. The number of ether oxygens (including phenoxy) is 3. The van der Waals surface area contributed by atoms with Gasteiger partial charge in [0.15, 0.2) is 11.5 Å². The number of nitrogens with one attached hydrogen (secondary N) is 1. The van der Waals surface area contributed by atoms with Crippen LogP contribution < -0.4 is 19.5 Å². The number of thioether (sulfide) groups is 1. The maximum atomic E-state index is 12.9. The van der Waals surface area contributed by atoms with Gasteiger partial charge in [-0.2, -0.15) is 0 Å². The highest BCUT2D eigenvalue weighted by Crippen LogP contribution is 2.38. The van der Waals surface area contributed by atoms with Gasteiger partial charge in [0.25, 0.3) is 0 Å².